The normalized spacial score (nSPS) is 11.7. The second-order valence-corrected chi connectivity index (χ2v) is 4.65. The first-order chi connectivity index (χ1) is 9.81. The van der Waals surface area contributed by atoms with Gasteiger partial charge in [0.2, 0.25) is 0 Å². The number of hydrogen-bond acceptors (Lipinski definition) is 3. The summed E-state index contributed by atoms with van der Waals surface area (Å²) in [7, 11) is 1.78. The van der Waals surface area contributed by atoms with Crippen LogP contribution in [0.25, 0.3) is 11.3 Å². The van der Waals surface area contributed by atoms with Gasteiger partial charge in [-0.15, -0.1) is 13.2 Å². The predicted octanol–water partition coefficient (Wildman–Crippen LogP) is 3.52. The van der Waals surface area contributed by atoms with Crippen molar-refractivity contribution in [1.82, 2.24) is 9.55 Å². The number of benzene rings is 1. The Kier molecular flexibility index (Phi) is 4.11. The fraction of sp³-hybridized carbons (Fsp3) is 0.357. The summed E-state index contributed by atoms with van der Waals surface area (Å²) in [4.78, 5) is 4.41. The molecule has 2 rings (SSSR count). The van der Waals surface area contributed by atoms with Crippen molar-refractivity contribution in [3.8, 4) is 17.0 Å². The van der Waals surface area contributed by atoms with E-state index in [9.17, 15) is 13.2 Å². The Hall–Kier alpha value is -2.18. The Balaban J connectivity index is 2.38. The van der Waals surface area contributed by atoms with Gasteiger partial charge in [0, 0.05) is 19.0 Å². The van der Waals surface area contributed by atoms with Crippen LogP contribution in [0.3, 0.4) is 0 Å². The van der Waals surface area contributed by atoms with Gasteiger partial charge in [0.25, 0.3) is 0 Å². The quantitative estimate of drug-likeness (QED) is 0.939. The summed E-state index contributed by atoms with van der Waals surface area (Å²) in [5.41, 5.74) is 6.94. The molecule has 0 aliphatic carbocycles. The minimum atomic E-state index is -4.72. The summed E-state index contributed by atoms with van der Waals surface area (Å²) < 4.78 is 42.4. The lowest BCUT2D eigenvalue weighted by atomic mass is 10.1. The van der Waals surface area contributed by atoms with Gasteiger partial charge < -0.3 is 15.0 Å². The van der Waals surface area contributed by atoms with Crippen LogP contribution in [-0.4, -0.2) is 15.9 Å². The first kappa shape index (κ1) is 15.2. The van der Waals surface area contributed by atoms with Crippen LogP contribution >= 0.6 is 0 Å². The summed E-state index contributed by atoms with van der Waals surface area (Å²) in [6.45, 7) is 2.02. The van der Waals surface area contributed by atoms with E-state index in [1.165, 1.54) is 18.2 Å². The van der Waals surface area contributed by atoms with Crippen LogP contribution in [0, 0.1) is 0 Å². The maximum atomic E-state index is 12.3. The van der Waals surface area contributed by atoms with Crippen molar-refractivity contribution in [1.29, 1.82) is 0 Å². The van der Waals surface area contributed by atoms with Crippen molar-refractivity contribution in [3.63, 3.8) is 0 Å². The largest absolute Gasteiger partial charge is 0.573 e. The average molecular weight is 299 g/mol. The first-order valence-corrected chi connectivity index (χ1v) is 6.49. The molecule has 2 N–H and O–H groups in total. The number of alkyl halides is 3. The van der Waals surface area contributed by atoms with Crippen molar-refractivity contribution in [2.45, 2.75) is 26.1 Å². The highest BCUT2D eigenvalue weighted by molar-refractivity contribution is 5.72. The van der Waals surface area contributed by atoms with Crippen molar-refractivity contribution in [2.75, 3.05) is 5.73 Å². The summed E-state index contributed by atoms with van der Waals surface area (Å²) >= 11 is 0. The van der Waals surface area contributed by atoms with Crippen LogP contribution < -0.4 is 10.5 Å². The zero-order chi connectivity index (χ0) is 15.6. The highest BCUT2D eigenvalue weighted by atomic mass is 19.4. The van der Waals surface area contributed by atoms with E-state index >= 15 is 0 Å². The summed E-state index contributed by atoms with van der Waals surface area (Å²) in [5, 5.41) is 0. The van der Waals surface area contributed by atoms with Gasteiger partial charge in [-0.2, -0.15) is 0 Å². The molecule has 114 valence electrons. The molecule has 0 fully saturated rings. The van der Waals surface area contributed by atoms with Crippen LogP contribution in [0.4, 0.5) is 19.0 Å². The Morgan fingerprint density at radius 1 is 1.33 bits per heavy atom. The van der Waals surface area contributed by atoms with Crippen LogP contribution in [0.5, 0.6) is 5.75 Å². The van der Waals surface area contributed by atoms with Crippen LogP contribution in [0.2, 0.25) is 0 Å². The van der Waals surface area contributed by atoms with E-state index in [-0.39, 0.29) is 5.75 Å². The van der Waals surface area contributed by atoms with Crippen LogP contribution in [0.1, 0.15) is 19.2 Å². The number of nitrogens with two attached hydrogens (primary N) is 1. The van der Waals surface area contributed by atoms with Gasteiger partial charge in [0.05, 0.1) is 0 Å². The van der Waals surface area contributed by atoms with E-state index in [0.29, 0.717) is 17.1 Å². The minimum absolute atomic E-state index is 0.290. The van der Waals surface area contributed by atoms with Gasteiger partial charge in [-0.1, -0.05) is 19.1 Å². The zero-order valence-corrected chi connectivity index (χ0v) is 11.7. The molecule has 0 saturated heterocycles. The molecule has 0 saturated carbocycles. The summed E-state index contributed by atoms with van der Waals surface area (Å²) in [5.74, 6) is 0.928. The third-order valence-corrected chi connectivity index (χ3v) is 3.05. The summed E-state index contributed by atoms with van der Waals surface area (Å²) in [6, 6.07) is 5.65. The molecule has 0 aliphatic rings. The van der Waals surface area contributed by atoms with E-state index in [4.69, 9.17) is 5.73 Å². The van der Waals surface area contributed by atoms with E-state index in [0.717, 1.165) is 18.7 Å². The van der Waals surface area contributed by atoms with E-state index in [1.54, 1.807) is 17.7 Å². The van der Waals surface area contributed by atoms with E-state index < -0.39 is 6.36 Å². The highest BCUT2D eigenvalue weighted by Crippen LogP contribution is 2.30. The maximum absolute atomic E-state index is 12.3. The van der Waals surface area contributed by atoms with Gasteiger partial charge in [0.1, 0.15) is 23.1 Å². The molecule has 0 aliphatic heterocycles. The third kappa shape index (κ3) is 3.48. The standard InChI is InChI=1S/C14H16F3N3O/c1-3-5-11-19-12(13(18)20(11)2)9-6-4-7-10(8-9)21-14(15,16)17/h4,6-8H,3,5,18H2,1-2H3. The molecule has 0 amide bonds. The second kappa shape index (κ2) is 5.67. The highest BCUT2D eigenvalue weighted by Gasteiger charge is 2.31. The summed E-state index contributed by atoms with van der Waals surface area (Å²) in [6.07, 6.45) is -3.07. The number of anilines is 1. The number of imidazole rings is 1. The van der Waals surface area contributed by atoms with Crippen LogP contribution in [-0.2, 0) is 13.5 Å². The Labute approximate surface area is 120 Å². The van der Waals surface area contributed by atoms with E-state index in [2.05, 4.69) is 9.72 Å². The number of nitrogens with zero attached hydrogens (tertiary/aromatic N) is 2. The molecule has 0 bridgehead atoms. The molecule has 4 nitrogen and oxygen atoms in total. The van der Waals surface area contributed by atoms with Gasteiger partial charge in [0.15, 0.2) is 0 Å². The molecule has 0 unspecified atom stereocenters. The molecule has 0 spiro atoms. The Morgan fingerprint density at radius 3 is 2.67 bits per heavy atom. The minimum Gasteiger partial charge on any atom is -0.406 e. The maximum Gasteiger partial charge on any atom is 0.573 e. The van der Waals surface area contributed by atoms with Crippen molar-refractivity contribution >= 4 is 5.82 Å². The van der Waals surface area contributed by atoms with Gasteiger partial charge in [-0.05, 0) is 18.6 Å². The second-order valence-electron chi connectivity index (χ2n) is 4.65. The molecule has 7 heteroatoms. The SMILES string of the molecule is CCCc1nc(-c2cccc(OC(F)(F)F)c2)c(N)n1C. The van der Waals surface area contributed by atoms with Crippen molar-refractivity contribution in [2.24, 2.45) is 7.05 Å². The van der Waals surface area contributed by atoms with Gasteiger partial charge >= 0.3 is 6.36 Å². The van der Waals surface area contributed by atoms with Gasteiger partial charge in [-0.25, -0.2) is 4.98 Å². The lowest BCUT2D eigenvalue weighted by Crippen LogP contribution is -2.17. The van der Waals surface area contributed by atoms with Crippen molar-refractivity contribution < 1.29 is 17.9 Å². The lowest BCUT2D eigenvalue weighted by molar-refractivity contribution is -0.274. The zero-order valence-electron chi connectivity index (χ0n) is 11.7. The average Bonchev–Trinajstić information content (AvgIpc) is 2.66. The monoisotopic (exact) mass is 299 g/mol. The molecule has 2 aromatic rings. The molecule has 0 radical (unpaired) electrons. The number of nitrogen functional groups attached to an aromatic ring is 1. The number of rotatable bonds is 4. The topological polar surface area (TPSA) is 53.1 Å². The van der Waals surface area contributed by atoms with Crippen molar-refractivity contribution in [3.05, 3.63) is 30.1 Å². The first-order valence-electron chi connectivity index (χ1n) is 6.49. The molecule has 1 heterocycles. The smallest absolute Gasteiger partial charge is 0.406 e. The fourth-order valence-corrected chi connectivity index (χ4v) is 2.06. The molecule has 1 aromatic carbocycles. The molecule has 21 heavy (non-hydrogen) atoms. The number of ether oxygens (including phenoxy) is 1. The number of aryl methyl sites for hydroxylation is 1. The number of aromatic nitrogens is 2. The fourth-order valence-electron chi connectivity index (χ4n) is 2.06. The molecular formula is C14H16F3N3O. The number of halogens is 3. The lowest BCUT2D eigenvalue weighted by Gasteiger charge is -2.09. The number of hydrogen-bond donors (Lipinski definition) is 1. The predicted molar refractivity (Wildman–Crippen MR) is 73.7 cm³/mol. The van der Waals surface area contributed by atoms with E-state index in [1.807, 2.05) is 6.92 Å². The Bertz CT molecular complexity index is 635. The third-order valence-electron chi connectivity index (χ3n) is 3.05. The Morgan fingerprint density at radius 2 is 2.05 bits per heavy atom. The molecule has 0 atom stereocenters. The molecule has 1 aromatic heterocycles. The van der Waals surface area contributed by atoms with Crippen LogP contribution in [0.15, 0.2) is 24.3 Å². The van der Waals surface area contributed by atoms with Gasteiger partial charge in [-0.3, -0.25) is 0 Å². The molecular weight excluding hydrogens is 283 g/mol.